The van der Waals surface area contributed by atoms with E-state index < -0.39 is 8.56 Å². The van der Waals surface area contributed by atoms with Gasteiger partial charge in [0.15, 0.2) is 0 Å². The monoisotopic (exact) mass is 326 g/mol. The van der Waals surface area contributed by atoms with Gasteiger partial charge in [0.2, 0.25) is 0 Å². The van der Waals surface area contributed by atoms with Gasteiger partial charge < -0.3 is 13.6 Å². The maximum absolute atomic E-state index is 13.0. The highest BCUT2D eigenvalue weighted by Crippen LogP contribution is 2.42. The molecule has 1 aliphatic heterocycles. The Labute approximate surface area is 134 Å². The van der Waals surface area contributed by atoms with Crippen LogP contribution in [0.5, 0.6) is 0 Å². The van der Waals surface area contributed by atoms with E-state index in [4.69, 9.17) is 13.6 Å². The van der Waals surface area contributed by atoms with Gasteiger partial charge in [-0.15, -0.1) is 0 Å². The van der Waals surface area contributed by atoms with E-state index in [0.29, 0.717) is 0 Å². The number of hydrogen-bond acceptors (Lipinski definition) is 3. The smallest absolute Gasteiger partial charge is 0.370 e. The van der Waals surface area contributed by atoms with Crippen LogP contribution < -0.4 is 0 Å². The molecule has 124 valence electrons. The second-order valence-electron chi connectivity index (χ2n) is 6.05. The van der Waals surface area contributed by atoms with Gasteiger partial charge in [-0.1, -0.05) is 25.0 Å². The first-order chi connectivity index (χ1) is 10.6. The Kier molecular flexibility index (Phi) is 6.14. The van der Waals surface area contributed by atoms with Crippen LogP contribution >= 0.6 is 0 Å². The van der Waals surface area contributed by atoms with Crippen molar-refractivity contribution in [1.82, 2.24) is 0 Å². The first-order valence-electron chi connectivity index (χ1n) is 8.01. The lowest BCUT2D eigenvalue weighted by Crippen LogP contribution is -2.64. The summed E-state index contributed by atoms with van der Waals surface area (Å²) in [7, 11) is 2.96. The SMILES string of the molecule is COC1(CCCc2ccc(F)cc2)CCCC[Si]1(OC)OC. The molecule has 1 saturated heterocycles. The van der Waals surface area contributed by atoms with E-state index in [9.17, 15) is 4.39 Å². The van der Waals surface area contributed by atoms with Gasteiger partial charge in [-0.05, 0) is 49.4 Å². The number of benzene rings is 1. The fraction of sp³-hybridized carbons (Fsp3) is 0.647. The maximum atomic E-state index is 13.0. The van der Waals surface area contributed by atoms with E-state index in [1.165, 1.54) is 12.1 Å². The van der Waals surface area contributed by atoms with Gasteiger partial charge in [-0.25, -0.2) is 4.39 Å². The molecule has 0 aromatic heterocycles. The first kappa shape index (κ1) is 17.6. The average molecular weight is 326 g/mol. The average Bonchev–Trinajstić information content (AvgIpc) is 2.57. The molecule has 0 aliphatic carbocycles. The quantitative estimate of drug-likeness (QED) is 0.709. The van der Waals surface area contributed by atoms with Crippen LogP contribution in [0, 0.1) is 5.82 Å². The molecule has 0 bridgehead atoms. The highest BCUT2D eigenvalue weighted by molar-refractivity contribution is 6.70. The molecule has 1 atom stereocenters. The van der Waals surface area contributed by atoms with Gasteiger partial charge in [0.1, 0.15) is 11.0 Å². The third-order valence-corrected chi connectivity index (χ3v) is 9.46. The molecule has 1 heterocycles. The van der Waals surface area contributed by atoms with Gasteiger partial charge >= 0.3 is 8.56 Å². The summed E-state index contributed by atoms with van der Waals surface area (Å²) in [6.07, 6.45) is 6.14. The zero-order valence-corrected chi connectivity index (χ0v) is 14.9. The molecule has 5 heteroatoms. The summed E-state index contributed by atoms with van der Waals surface area (Å²) in [6.45, 7) is 0. The minimum absolute atomic E-state index is 0.186. The third-order valence-electron chi connectivity index (χ3n) is 5.04. The van der Waals surface area contributed by atoms with E-state index in [-0.39, 0.29) is 11.0 Å². The van der Waals surface area contributed by atoms with Gasteiger partial charge in [-0.3, -0.25) is 0 Å². The van der Waals surface area contributed by atoms with Crippen molar-refractivity contribution in [1.29, 1.82) is 0 Å². The van der Waals surface area contributed by atoms with Crippen molar-refractivity contribution >= 4 is 8.56 Å². The van der Waals surface area contributed by atoms with Crippen LogP contribution in [0.15, 0.2) is 24.3 Å². The van der Waals surface area contributed by atoms with Crippen LogP contribution in [0.25, 0.3) is 0 Å². The highest BCUT2D eigenvalue weighted by Gasteiger charge is 2.58. The molecule has 0 spiro atoms. The summed E-state index contributed by atoms with van der Waals surface area (Å²) < 4.78 is 30.7. The molecular weight excluding hydrogens is 299 g/mol. The molecular formula is C17H27FO3Si. The van der Waals surface area contributed by atoms with Crippen LogP contribution in [-0.2, 0) is 20.0 Å². The molecule has 1 aromatic rings. The molecule has 22 heavy (non-hydrogen) atoms. The van der Waals surface area contributed by atoms with Gasteiger partial charge in [0, 0.05) is 21.3 Å². The zero-order chi connectivity index (χ0) is 16.1. The van der Waals surface area contributed by atoms with Crippen LogP contribution in [0.3, 0.4) is 0 Å². The van der Waals surface area contributed by atoms with Crippen molar-refractivity contribution in [2.75, 3.05) is 21.3 Å². The molecule has 0 N–H and O–H groups in total. The number of aryl methyl sites for hydroxylation is 1. The van der Waals surface area contributed by atoms with E-state index in [2.05, 4.69) is 0 Å². The minimum Gasteiger partial charge on any atom is -0.396 e. The molecule has 0 radical (unpaired) electrons. The second kappa shape index (κ2) is 7.68. The molecule has 1 fully saturated rings. The lowest BCUT2D eigenvalue weighted by molar-refractivity contribution is -0.0156. The molecule has 1 aromatic carbocycles. The van der Waals surface area contributed by atoms with Crippen molar-refractivity contribution in [3.63, 3.8) is 0 Å². The van der Waals surface area contributed by atoms with E-state index in [0.717, 1.165) is 50.1 Å². The number of hydrogen-bond donors (Lipinski definition) is 0. The summed E-state index contributed by atoms with van der Waals surface area (Å²) in [5, 5.41) is -0.269. The molecule has 1 unspecified atom stereocenters. The van der Waals surface area contributed by atoms with Gasteiger partial charge in [0.05, 0.1) is 0 Å². The molecule has 1 aliphatic rings. The van der Waals surface area contributed by atoms with Crippen molar-refractivity contribution in [3.8, 4) is 0 Å². The summed E-state index contributed by atoms with van der Waals surface area (Å²) >= 11 is 0. The zero-order valence-electron chi connectivity index (χ0n) is 13.9. The van der Waals surface area contributed by atoms with Crippen LogP contribution in [-0.4, -0.2) is 35.1 Å². The van der Waals surface area contributed by atoms with Crippen LogP contribution in [0.4, 0.5) is 4.39 Å². The van der Waals surface area contributed by atoms with Crippen LogP contribution in [0.2, 0.25) is 6.04 Å². The standard InChI is InChI=1S/C17H27FO3Si/c1-19-17(12-4-5-14-22(17,20-2)21-3)13-6-7-15-8-10-16(18)11-9-15/h8-11H,4-7,12-14H2,1-3H3. The Morgan fingerprint density at radius 2 is 1.77 bits per heavy atom. The number of halogens is 1. The second-order valence-corrected chi connectivity index (χ2v) is 9.78. The Morgan fingerprint density at radius 1 is 1.09 bits per heavy atom. The molecule has 3 nitrogen and oxygen atoms in total. The summed E-state index contributed by atoms with van der Waals surface area (Å²) in [4.78, 5) is 0. The van der Waals surface area contributed by atoms with E-state index in [1.54, 1.807) is 21.3 Å². The van der Waals surface area contributed by atoms with E-state index >= 15 is 0 Å². The predicted molar refractivity (Wildman–Crippen MR) is 87.5 cm³/mol. The fourth-order valence-corrected chi connectivity index (χ4v) is 7.67. The van der Waals surface area contributed by atoms with Crippen LogP contribution in [0.1, 0.15) is 37.7 Å². The van der Waals surface area contributed by atoms with Crippen molar-refractivity contribution < 1.29 is 18.0 Å². The number of ether oxygens (including phenoxy) is 1. The molecule has 2 rings (SSSR count). The Hall–Kier alpha value is -0.753. The fourth-order valence-electron chi connectivity index (χ4n) is 3.75. The summed E-state index contributed by atoms with van der Waals surface area (Å²) in [5.41, 5.74) is 1.16. The first-order valence-corrected chi connectivity index (χ1v) is 10.0. The maximum Gasteiger partial charge on any atom is 0.370 e. The molecule has 0 amide bonds. The normalized spacial score (nSPS) is 24.4. The Morgan fingerprint density at radius 3 is 2.36 bits per heavy atom. The van der Waals surface area contributed by atoms with Gasteiger partial charge in [0.25, 0.3) is 0 Å². The Balaban J connectivity index is 2.04. The minimum atomic E-state index is -2.34. The highest BCUT2D eigenvalue weighted by atomic mass is 28.4. The number of methoxy groups -OCH3 is 1. The largest absolute Gasteiger partial charge is 0.396 e. The third kappa shape index (κ3) is 3.43. The van der Waals surface area contributed by atoms with Crippen molar-refractivity contribution in [3.05, 3.63) is 35.6 Å². The van der Waals surface area contributed by atoms with Gasteiger partial charge in [-0.2, -0.15) is 0 Å². The van der Waals surface area contributed by atoms with Crippen molar-refractivity contribution in [2.45, 2.75) is 49.8 Å². The topological polar surface area (TPSA) is 27.7 Å². The lowest BCUT2D eigenvalue weighted by atomic mass is 10.0. The summed E-state index contributed by atoms with van der Waals surface area (Å²) in [6, 6.07) is 7.74. The summed E-state index contributed by atoms with van der Waals surface area (Å²) in [5.74, 6) is -0.186. The molecule has 0 saturated carbocycles. The lowest BCUT2D eigenvalue weighted by Gasteiger charge is -2.48. The predicted octanol–water partition coefficient (Wildman–Crippen LogP) is 3.99. The van der Waals surface area contributed by atoms with E-state index in [1.807, 2.05) is 12.1 Å². The van der Waals surface area contributed by atoms with Crippen molar-refractivity contribution in [2.24, 2.45) is 0 Å². The Bertz CT molecular complexity index is 461. The number of rotatable bonds is 7.